The molecule has 0 bridgehead atoms. The van der Waals surface area contributed by atoms with Crippen molar-refractivity contribution in [2.75, 3.05) is 4.90 Å². The predicted octanol–water partition coefficient (Wildman–Crippen LogP) is 7.00. The molecule has 6 nitrogen and oxygen atoms in total. The Kier molecular flexibility index (Phi) is 7.93. The first kappa shape index (κ1) is 25.5. The highest BCUT2D eigenvalue weighted by atomic mass is 127. The van der Waals surface area contributed by atoms with Gasteiger partial charge in [0.25, 0.3) is 0 Å². The number of nitrogens with zero attached hydrogens (tertiary/aromatic N) is 2. The number of fused-ring (bicyclic) bond motifs is 1. The zero-order valence-electron chi connectivity index (χ0n) is 20.7. The number of aromatic amines is 1. The van der Waals surface area contributed by atoms with Gasteiger partial charge in [0.15, 0.2) is 0 Å². The Balaban J connectivity index is 1.56. The number of aryl methyl sites for hydroxylation is 1. The molecule has 1 aliphatic carbocycles. The lowest BCUT2D eigenvalue weighted by atomic mass is 9.93. The molecule has 8 heteroatoms. The normalized spacial score (nSPS) is 15.9. The lowest BCUT2D eigenvalue weighted by Crippen LogP contribution is -2.48. The first-order valence-corrected chi connectivity index (χ1v) is 14.9. The SMILES string of the molecule is Cc1ccccc1C(C(=O)NC1CCCCC1)N(C(=O)Cc1c[nH]c2c1C=CI=N2)c1cccc(F)c1. The van der Waals surface area contributed by atoms with Crippen LogP contribution in [0.1, 0.15) is 60.4 Å². The number of hydrogen-bond donors (Lipinski definition) is 2. The molecule has 2 aliphatic rings. The minimum absolute atomic E-state index is 0.0552. The Morgan fingerprint density at radius 3 is 2.76 bits per heavy atom. The number of carbonyl (C=O) groups excluding carboxylic acids is 2. The second-order valence-corrected chi connectivity index (χ2v) is 11.3. The van der Waals surface area contributed by atoms with Crippen LogP contribution in [0.3, 0.4) is 0 Å². The second-order valence-electron chi connectivity index (χ2n) is 9.57. The zero-order valence-corrected chi connectivity index (χ0v) is 22.9. The third-order valence-corrected chi connectivity index (χ3v) is 8.48. The van der Waals surface area contributed by atoms with Gasteiger partial charge in [-0.05, 0) is 64.8 Å². The van der Waals surface area contributed by atoms with Gasteiger partial charge in [0.1, 0.15) is 17.7 Å². The summed E-state index contributed by atoms with van der Waals surface area (Å²) in [4.78, 5) is 32.7. The van der Waals surface area contributed by atoms with Gasteiger partial charge in [0.05, 0.1) is 6.42 Å². The molecule has 5 rings (SSSR count). The maximum absolute atomic E-state index is 14.5. The van der Waals surface area contributed by atoms with Crippen molar-refractivity contribution in [3.63, 3.8) is 0 Å². The van der Waals surface area contributed by atoms with Gasteiger partial charge in [-0.2, -0.15) is 0 Å². The van der Waals surface area contributed by atoms with E-state index in [4.69, 9.17) is 0 Å². The number of carbonyl (C=O) groups is 2. The molecular formula is C29H30FIN4O2. The van der Waals surface area contributed by atoms with Crippen LogP contribution in [0.15, 0.2) is 62.0 Å². The molecule has 0 saturated heterocycles. The monoisotopic (exact) mass is 612 g/mol. The highest BCUT2D eigenvalue weighted by Crippen LogP contribution is 2.35. The van der Waals surface area contributed by atoms with Crippen molar-refractivity contribution in [2.45, 2.75) is 57.5 Å². The Hall–Kier alpha value is -3.14. The summed E-state index contributed by atoms with van der Waals surface area (Å²) in [6.07, 6.45) is 9.04. The third kappa shape index (κ3) is 5.74. The number of benzene rings is 2. The number of halogens is 2. The molecule has 1 fully saturated rings. The molecule has 0 radical (unpaired) electrons. The largest absolute Gasteiger partial charge is 0.351 e. The summed E-state index contributed by atoms with van der Waals surface area (Å²) in [7, 11) is 0. The van der Waals surface area contributed by atoms with Crippen LogP contribution in [0.5, 0.6) is 0 Å². The number of amides is 2. The summed E-state index contributed by atoms with van der Waals surface area (Å²) in [6.45, 7) is 1.93. The number of nitrogens with one attached hydrogen (secondary N) is 2. The average Bonchev–Trinajstić information content (AvgIpc) is 3.31. The smallest absolute Gasteiger partial charge is 0.248 e. The minimum atomic E-state index is -0.932. The molecular weight excluding hydrogens is 582 g/mol. The first-order valence-electron chi connectivity index (χ1n) is 12.7. The second kappa shape index (κ2) is 11.5. The van der Waals surface area contributed by atoms with Crippen LogP contribution in [0.2, 0.25) is 0 Å². The molecule has 192 valence electrons. The van der Waals surface area contributed by atoms with Gasteiger partial charge in [0, 0.05) is 44.5 Å². The fourth-order valence-electron chi connectivity index (χ4n) is 5.16. The van der Waals surface area contributed by atoms with E-state index in [1.807, 2.05) is 37.3 Å². The molecule has 1 unspecified atom stereocenters. The first-order chi connectivity index (χ1) is 18.0. The Bertz CT molecular complexity index is 1360. The van der Waals surface area contributed by atoms with E-state index in [1.165, 1.54) is 23.5 Å². The van der Waals surface area contributed by atoms with Gasteiger partial charge in [0.2, 0.25) is 11.8 Å². The van der Waals surface area contributed by atoms with E-state index >= 15 is 0 Å². The molecule has 0 spiro atoms. The Labute approximate surface area is 226 Å². The van der Waals surface area contributed by atoms with Crippen molar-refractivity contribution < 1.29 is 14.0 Å². The van der Waals surface area contributed by atoms with Crippen molar-refractivity contribution in [3.8, 4) is 0 Å². The number of anilines is 1. The van der Waals surface area contributed by atoms with Gasteiger partial charge >= 0.3 is 0 Å². The van der Waals surface area contributed by atoms with E-state index in [0.717, 1.165) is 53.8 Å². The number of hydrogen-bond acceptors (Lipinski definition) is 3. The van der Waals surface area contributed by atoms with Crippen LogP contribution in [0.4, 0.5) is 15.9 Å². The maximum Gasteiger partial charge on any atom is 0.248 e. The lowest BCUT2D eigenvalue weighted by molar-refractivity contribution is -0.127. The van der Waals surface area contributed by atoms with Gasteiger partial charge in [-0.1, -0.05) is 49.6 Å². The highest BCUT2D eigenvalue weighted by Gasteiger charge is 2.35. The van der Waals surface area contributed by atoms with Crippen LogP contribution >= 0.6 is 21.0 Å². The van der Waals surface area contributed by atoms with Crippen LogP contribution in [0, 0.1) is 12.7 Å². The van der Waals surface area contributed by atoms with Gasteiger partial charge in [-0.25, -0.2) is 7.54 Å². The summed E-state index contributed by atoms with van der Waals surface area (Å²) in [5.41, 5.74) is 3.68. The van der Waals surface area contributed by atoms with Crippen LogP contribution in [-0.4, -0.2) is 22.8 Å². The van der Waals surface area contributed by atoms with Crippen molar-refractivity contribution in [3.05, 3.63) is 86.9 Å². The van der Waals surface area contributed by atoms with E-state index in [-0.39, 0.29) is 45.3 Å². The number of H-pyrrole nitrogens is 1. The summed E-state index contributed by atoms with van der Waals surface area (Å²) < 4.78 is 21.1. The van der Waals surface area contributed by atoms with Crippen molar-refractivity contribution in [1.29, 1.82) is 0 Å². The number of aromatic nitrogens is 1. The van der Waals surface area contributed by atoms with Crippen molar-refractivity contribution in [2.24, 2.45) is 3.15 Å². The lowest BCUT2D eigenvalue weighted by Gasteiger charge is -2.34. The van der Waals surface area contributed by atoms with Crippen LogP contribution in [-0.2, 0) is 16.0 Å². The average molecular weight is 612 g/mol. The molecule has 1 aliphatic heterocycles. The van der Waals surface area contributed by atoms with E-state index in [2.05, 4.69) is 17.5 Å². The molecule has 2 N–H and O–H groups in total. The van der Waals surface area contributed by atoms with Gasteiger partial charge < -0.3 is 10.3 Å². The maximum atomic E-state index is 14.5. The molecule has 37 heavy (non-hydrogen) atoms. The fraction of sp³-hybridized carbons (Fsp3) is 0.310. The quantitative estimate of drug-likeness (QED) is 0.282. The van der Waals surface area contributed by atoms with Gasteiger partial charge in [-0.3, -0.25) is 14.5 Å². The zero-order chi connectivity index (χ0) is 25.8. The van der Waals surface area contributed by atoms with E-state index in [1.54, 1.807) is 18.3 Å². The summed E-state index contributed by atoms with van der Waals surface area (Å²) >= 11 is -0.376. The molecule has 2 heterocycles. The topological polar surface area (TPSA) is 77.6 Å². The molecule has 3 aromatic rings. The third-order valence-electron chi connectivity index (χ3n) is 7.04. The molecule has 2 amide bonds. The molecule has 1 aromatic heterocycles. The summed E-state index contributed by atoms with van der Waals surface area (Å²) in [5, 5.41) is 3.22. The molecule has 1 atom stereocenters. The van der Waals surface area contributed by atoms with E-state index in [9.17, 15) is 14.0 Å². The Morgan fingerprint density at radius 2 is 1.97 bits per heavy atom. The number of rotatable bonds is 7. The minimum Gasteiger partial charge on any atom is -0.351 e. The van der Waals surface area contributed by atoms with Crippen molar-refractivity contribution >= 4 is 50.4 Å². The highest BCUT2D eigenvalue weighted by molar-refractivity contribution is 14.2. The van der Waals surface area contributed by atoms with Gasteiger partial charge in [-0.15, -0.1) is 0 Å². The van der Waals surface area contributed by atoms with Crippen LogP contribution in [0.25, 0.3) is 6.08 Å². The summed E-state index contributed by atoms with van der Waals surface area (Å²) in [6, 6.07) is 12.7. The molecule has 2 aromatic carbocycles. The fourth-order valence-corrected chi connectivity index (χ4v) is 6.52. The predicted molar refractivity (Wildman–Crippen MR) is 152 cm³/mol. The Morgan fingerprint density at radius 1 is 1.16 bits per heavy atom. The van der Waals surface area contributed by atoms with E-state index in [0.29, 0.717) is 5.69 Å². The van der Waals surface area contributed by atoms with E-state index < -0.39 is 11.9 Å². The van der Waals surface area contributed by atoms with Crippen molar-refractivity contribution in [1.82, 2.24) is 10.3 Å². The van der Waals surface area contributed by atoms with Crippen LogP contribution < -0.4 is 10.2 Å². The standard InChI is InChI=1S/C29H30FIN4O2/c1-19-8-5-6-13-24(19)27(29(37)33-22-10-3-2-4-11-22)35(23-12-7-9-21(30)17-23)26(36)16-20-18-32-28-25(20)14-15-31-34-28/h5-9,12-15,17-18,22,27H,2-4,10-11,16H2,1H3,(H,32,34)(H,33,37). The summed E-state index contributed by atoms with van der Waals surface area (Å²) in [5.74, 6) is -0.195. The molecule has 1 saturated carbocycles.